The van der Waals surface area contributed by atoms with Crippen LogP contribution in [0.25, 0.3) is 30.6 Å². The SMILES string of the molecule is c1ccc(-c2cccc3c2[se]c2ccccc23)nc1. The van der Waals surface area contributed by atoms with Crippen LogP contribution in [0.3, 0.4) is 0 Å². The number of rotatable bonds is 1. The van der Waals surface area contributed by atoms with Crippen molar-refractivity contribution in [3.63, 3.8) is 0 Å². The second kappa shape index (κ2) is 4.34. The normalized spacial score (nSPS) is 11.2. The molecule has 0 aliphatic heterocycles. The van der Waals surface area contributed by atoms with Gasteiger partial charge in [-0.15, -0.1) is 0 Å². The van der Waals surface area contributed by atoms with Gasteiger partial charge in [-0.3, -0.25) is 0 Å². The number of hydrogen-bond donors (Lipinski definition) is 0. The molecule has 0 aliphatic rings. The molecule has 0 atom stereocenters. The van der Waals surface area contributed by atoms with E-state index >= 15 is 0 Å². The van der Waals surface area contributed by atoms with Gasteiger partial charge in [-0.25, -0.2) is 0 Å². The fourth-order valence-corrected chi connectivity index (χ4v) is 5.04. The van der Waals surface area contributed by atoms with Crippen LogP contribution in [0.5, 0.6) is 0 Å². The summed E-state index contributed by atoms with van der Waals surface area (Å²) in [5, 5.41) is 2.79. The quantitative estimate of drug-likeness (QED) is 0.482. The van der Waals surface area contributed by atoms with Gasteiger partial charge in [0.25, 0.3) is 0 Å². The molecule has 4 aromatic rings. The topological polar surface area (TPSA) is 12.9 Å². The first-order chi connectivity index (χ1) is 9.43. The van der Waals surface area contributed by atoms with Crippen LogP contribution in [0.2, 0.25) is 0 Å². The van der Waals surface area contributed by atoms with E-state index in [1.54, 1.807) is 0 Å². The molecule has 2 heterocycles. The number of nitrogens with zero attached hydrogens (tertiary/aromatic N) is 1. The summed E-state index contributed by atoms with van der Waals surface area (Å²) >= 11 is 0.389. The van der Waals surface area contributed by atoms with E-state index in [1.807, 2.05) is 12.3 Å². The van der Waals surface area contributed by atoms with E-state index in [-0.39, 0.29) is 0 Å². The molecule has 0 radical (unpaired) electrons. The van der Waals surface area contributed by atoms with Gasteiger partial charge in [-0.05, 0) is 0 Å². The molecule has 0 saturated heterocycles. The third-order valence-electron chi connectivity index (χ3n) is 3.35. The predicted molar refractivity (Wildman–Crippen MR) is 81.6 cm³/mol. The monoisotopic (exact) mass is 309 g/mol. The molecule has 2 heteroatoms. The van der Waals surface area contributed by atoms with Crippen LogP contribution in [-0.4, -0.2) is 19.5 Å². The molecule has 0 N–H and O–H groups in total. The third kappa shape index (κ3) is 1.73. The van der Waals surface area contributed by atoms with Crippen molar-refractivity contribution >= 4 is 33.8 Å². The second-order valence-electron chi connectivity index (χ2n) is 4.50. The van der Waals surface area contributed by atoms with Crippen LogP contribution >= 0.6 is 0 Å². The van der Waals surface area contributed by atoms with E-state index in [0.29, 0.717) is 14.5 Å². The Bertz CT molecular complexity index is 862. The molecule has 0 bridgehead atoms. The minimum absolute atomic E-state index is 0.389. The van der Waals surface area contributed by atoms with E-state index in [1.165, 1.54) is 24.9 Å². The number of pyridine rings is 1. The molecule has 2 aromatic carbocycles. The van der Waals surface area contributed by atoms with Crippen molar-refractivity contribution in [2.75, 3.05) is 0 Å². The third-order valence-corrected chi connectivity index (χ3v) is 5.90. The molecule has 0 spiro atoms. The average Bonchev–Trinajstić information content (AvgIpc) is 2.87. The Morgan fingerprint density at radius 2 is 1.58 bits per heavy atom. The summed E-state index contributed by atoms with van der Waals surface area (Å²) in [7, 11) is 0. The molecule has 1 nitrogen and oxygen atoms in total. The summed E-state index contributed by atoms with van der Waals surface area (Å²) in [6, 6.07) is 21.4. The fourth-order valence-electron chi connectivity index (χ4n) is 2.47. The van der Waals surface area contributed by atoms with Crippen LogP contribution in [-0.2, 0) is 0 Å². The van der Waals surface area contributed by atoms with Gasteiger partial charge in [-0.1, -0.05) is 0 Å². The van der Waals surface area contributed by atoms with Gasteiger partial charge >= 0.3 is 117 Å². The summed E-state index contributed by atoms with van der Waals surface area (Å²) in [6.07, 6.45) is 1.86. The van der Waals surface area contributed by atoms with Crippen molar-refractivity contribution in [1.29, 1.82) is 0 Å². The van der Waals surface area contributed by atoms with Crippen LogP contribution in [0.4, 0.5) is 0 Å². The molecule has 2 aromatic heterocycles. The Hall–Kier alpha value is -1.89. The van der Waals surface area contributed by atoms with Crippen LogP contribution in [0, 0.1) is 0 Å². The van der Waals surface area contributed by atoms with Gasteiger partial charge in [-0.2, -0.15) is 0 Å². The zero-order chi connectivity index (χ0) is 12.7. The van der Waals surface area contributed by atoms with Crippen molar-refractivity contribution in [2.45, 2.75) is 0 Å². The predicted octanol–water partition coefficient (Wildman–Crippen LogP) is 4.11. The summed E-state index contributed by atoms with van der Waals surface area (Å²) < 4.78 is 2.95. The fraction of sp³-hybridized carbons (Fsp3) is 0. The number of benzene rings is 2. The Labute approximate surface area is 117 Å². The number of fused-ring (bicyclic) bond motifs is 3. The van der Waals surface area contributed by atoms with Crippen molar-refractivity contribution in [1.82, 2.24) is 4.98 Å². The van der Waals surface area contributed by atoms with Gasteiger partial charge in [0.1, 0.15) is 0 Å². The van der Waals surface area contributed by atoms with Gasteiger partial charge < -0.3 is 0 Å². The standard InChI is InChI=1S/C17H11NSe/c1-2-10-16-12(6-1)13-7-5-8-14(17(13)19-16)15-9-3-4-11-18-15/h1-11H. The van der Waals surface area contributed by atoms with Crippen LogP contribution in [0.1, 0.15) is 0 Å². The van der Waals surface area contributed by atoms with Gasteiger partial charge in [0.2, 0.25) is 0 Å². The van der Waals surface area contributed by atoms with Gasteiger partial charge in [0, 0.05) is 0 Å². The maximum atomic E-state index is 4.50. The van der Waals surface area contributed by atoms with Crippen molar-refractivity contribution < 1.29 is 0 Å². The van der Waals surface area contributed by atoms with Crippen molar-refractivity contribution in [2.24, 2.45) is 0 Å². The van der Waals surface area contributed by atoms with Gasteiger partial charge in [0.05, 0.1) is 0 Å². The molecular weight excluding hydrogens is 297 g/mol. The Morgan fingerprint density at radius 3 is 2.47 bits per heavy atom. The molecule has 19 heavy (non-hydrogen) atoms. The molecule has 0 unspecified atom stereocenters. The minimum atomic E-state index is 0.389. The Balaban J connectivity index is 2.13. The van der Waals surface area contributed by atoms with E-state index in [0.717, 1.165) is 5.69 Å². The number of aromatic nitrogens is 1. The number of hydrogen-bond acceptors (Lipinski definition) is 1. The zero-order valence-electron chi connectivity index (χ0n) is 10.2. The van der Waals surface area contributed by atoms with Crippen LogP contribution < -0.4 is 0 Å². The summed E-state index contributed by atoms with van der Waals surface area (Å²) in [5.41, 5.74) is 2.36. The van der Waals surface area contributed by atoms with Crippen LogP contribution in [0.15, 0.2) is 66.9 Å². The van der Waals surface area contributed by atoms with Crippen molar-refractivity contribution in [3.05, 3.63) is 66.9 Å². The Kier molecular flexibility index (Phi) is 2.51. The summed E-state index contributed by atoms with van der Waals surface area (Å²) in [6.45, 7) is 0. The molecule has 0 saturated carbocycles. The molecule has 90 valence electrons. The second-order valence-corrected chi connectivity index (χ2v) is 6.70. The molecule has 0 amide bonds. The summed E-state index contributed by atoms with van der Waals surface area (Å²) in [5.74, 6) is 0. The van der Waals surface area contributed by atoms with E-state index in [2.05, 4.69) is 59.6 Å². The molecule has 0 fully saturated rings. The van der Waals surface area contributed by atoms with Crippen molar-refractivity contribution in [3.8, 4) is 11.3 Å². The Morgan fingerprint density at radius 1 is 0.737 bits per heavy atom. The van der Waals surface area contributed by atoms with E-state index in [9.17, 15) is 0 Å². The maximum absolute atomic E-state index is 4.50. The zero-order valence-corrected chi connectivity index (χ0v) is 11.9. The van der Waals surface area contributed by atoms with E-state index < -0.39 is 0 Å². The van der Waals surface area contributed by atoms with Gasteiger partial charge in [0.15, 0.2) is 0 Å². The average molecular weight is 308 g/mol. The molecule has 0 aliphatic carbocycles. The first-order valence-electron chi connectivity index (χ1n) is 6.25. The first-order valence-corrected chi connectivity index (χ1v) is 7.96. The summed E-state index contributed by atoms with van der Waals surface area (Å²) in [4.78, 5) is 4.50. The van der Waals surface area contributed by atoms with E-state index in [4.69, 9.17) is 0 Å². The molecular formula is C17H11NSe. The molecule has 4 rings (SSSR count). The first kappa shape index (κ1) is 11.0.